The Morgan fingerprint density at radius 1 is 1.04 bits per heavy atom. The van der Waals surface area contributed by atoms with E-state index in [4.69, 9.17) is 13.9 Å². The Kier molecular flexibility index (Phi) is 5.60. The third-order valence-electron chi connectivity index (χ3n) is 6.23. The molecule has 0 aliphatic carbocycles. The van der Waals surface area contributed by atoms with Crippen LogP contribution in [0.4, 0.5) is 0 Å². The summed E-state index contributed by atoms with van der Waals surface area (Å²) in [7, 11) is 3.21. The van der Waals surface area contributed by atoms with Crippen molar-refractivity contribution in [3.05, 3.63) is 33.7 Å². The average Bonchev–Trinajstić information content (AvgIpc) is 2.73. The molecule has 6 heteroatoms. The Labute approximate surface area is 166 Å². The van der Waals surface area contributed by atoms with Crippen LogP contribution in [0, 0.1) is 0 Å². The molecule has 1 saturated heterocycles. The Morgan fingerprint density at radius 3 is 2.46 bits per heavy atom. The molecule has 0 amide bonds. The SMILES string of the molecule is COc1cc2oc(=O)c3c(c2cc1OC)CCN(C(C)CN1CCCCC1)C3. The number of rotatable bonds is 5. The van der Waals surface area contributed by atoms with Crippen molar-refractivity contribution >= 4 is 11.0 Å². The minimum atomic E-state index is -0.232. The lowest BCUT2D eigenvalue weighted by Gasteiger charge is -2.37. The van der Waals surface area contributed by atoms with E-state index >= 15 is 0 Å². The van der Waals surface area contributed by atoms with E-state index in [2.05, 4.69) is 16.7 Å². The largest absolute Gasteiger partial charge is 0.493 e. The smallest absolute Gasteiger partial charge is 0.341 e. The van der Waals surface area contributed by atoms with Gasteiger partial charge in [0.15, 0.2) is 11.5 Å². The number of methoxy groups -OCH3 is 2. The van der Waals surface area contributed by atoms with Crippen LogP contribution >= 0.6 is 0 Å². The number of benzene rings is 1. The molecule has 1 unspecified atom stereocenters. The molecule has 0 saturated carbocycles. The minimum Gasteiger partial charge on any atom is -0.493 e. The first kappa shape index (κ1) is 19.3. The minimum absolute atomic E-state index is 0.232. The van der Waals surface area contributed by atoms with Crippen molar-refractivity contribution in [3.8, 4) is 11.5 Å². The fourth-order valence-electron chi connectivity index (χ4n) is 4.62. The molecule has 4 rings (SSSR count). The van der Waals surface area contributed by atoms with Gasteiger partial charge in [-0.2, -0.15) is 0 Å². The zero-order valence-electron chi connectivity index (χ0n) is 17.1. The van der Waals surface area contributed by atoms with Gasteiger partial charge in [-0.3, -0.25) is 4.90 Å². The van der Waals surface area contributed by atoms with Crippen LogP contribution in [-0.2, 0) is 13.0 Å². The number of hydrogen-bond donors (Lipinski definition) is 0. The van der Waals surface area contributed by atoms with E-state index in [-0.39, 0.29) is 5.63 Å². The number of nitrogens with zero attached hydrogens (tertiary/aromatic N) is 2. The monoisotopic (exact) mass is 386 g/mol. The quantitative estimate of drug-likeness (QED) is 0.737. The molecule has 0 N–H and O–H groups in total. The molecule has 1 aromatic heterocycles. The summed E-state index contributed by atoms with van der Waals surface area (Å²) < 4.78 is 16.4. The molecular formula is C22H30N2O4. The zero-order valence-corrected chi connectivity index (χ0v) is 17.1. The van der Waals surface area contributed by atoms with E-state index in [0.29, 0.717) is 29.7 Å². The average molecular weight is 386 g/mol. The van der Waals surface area contributed by atoms with Crippen molar-refractivity contribution in [2.24, 2.45) is 0 Å². The maximum Gasteiger partial charge on any atom is 0.341 e. The summed E-state index contributed by atoms with van der Waals surface area (Å²) in [5.74, 6) is 1.23. The van der Waals surface area contributed by atoms with Gasteiger partial charge in [-0.05, 0) is 50.9 Å². The molecule has 1 atom stereocenters. The van der Waals surface area contributed by atoms with Gasteiger partial charge in [-0.15, -0.1) is 0 Å². The van der Waals surface area contributed by atoms with Crippen LogP contribution in [0.3, 0.4) is 0 Å². The third kappa shape index (κ3) is 3.63. The molecule has 0 radical (unpaired) electrons. The first-order chi connectivity index (χ1) is 13.6. The predicted octanol–water partition coefficient (Wildman–Crippen LogP) is 3.04. The molecule has 152 valence electrons. The lowest BCUT2D eigenvalue weighted by molar-refractivity contribution is 0.123. The second-order valence-electron chi connectivity index (χ2n) is 7.98. The highest BCUT2D eigenvalue weighted by Crippen LogP contribution is 2.35. The lowest BCUT2D eigenvalue weighted by Crippen LogP contribution is -2.46. The Balaban J connectivity index is 1.61. The maximum atomic E-state index is 12.7. The normalized spacial score (nSPS) is 19.4. The van der Waals surface area contributed by atoms with E-state index in [0.717, 1.165) is 36.0 Å². The van der Waals surface area contributed by atoms with Gasteiger partial charge in [0.2, 0.25) is 0 Å². The molecule has 2 aromatic rings. The molecule has 3 heterocycles. The first-order valence-electron chi connectivity index (χ1n) is 10.3. The van der Waals surface area contributed by atoms with E-state index in [1.54, 1.807) is 20.3 Å². The van der Waals surface area contributed by atoms with Gasteiger partial charge in [0.1, 0.15) is 5.58 Å². The first-order valence-corrected chi connectivity index (χ1v) is 10.3. The van der Waals surface area contributed by atoms with Gasteiger partial charge >= 0.3 is 5.63 Å². The van der Waals surface area contributed by atoms with Gasteiger partial charge in [0.25, 0.3) is 0 Å². The molecular weight excluding hydrogens is 356 g/mol. The van der Waals surface area contributed by atoms with Crippen molar-refractivity contribution in [2.45, 2.75) is 45.2 Å². The molecule has 2 aliphatic rings. The number of hydrogen-bond acceptors (Lipinski definition) is 6. The summed E-state index contributed by atoms with van der Waals surface area (Å²) in [5, 5.41) is 0.954. The van der Waals surface area contributed by atoms with E-state index in [1.807, 2.05) is 6.07 Å². The van der Waals surface area contributed by atoms with Gasteiger partial charge < -0.3 is 18.8 Å². The van der Waals surface area contributed by atoms with Gasteiger partial charge in [-0.1, -0.05) is 6.42 Å². The Hall–Kier alpha value is -2.05. The lowest BCUT2D eigenvalue weighted by atomic mass is 9.96. The number of likely N-dealkylation sites (tertiary alicyclic amines) is 1. The summed E-state index contributed by atoms with van der Waals surface area (Å²) in [5.41, 5.74) is 2.21. The van der Waals surface area contributed by atoms with Crippen LogP contribution in [0.25, 0.3) is 11.0 Å². The highest BCUT2D eigenvalue weighted by molar-refractivity contribution is 5.85. The predicted molar refractivity (Wildman–Crippen MR) is 109 cm³/mol. The van der Waals surface area contributed by atoms with Crippen LogP contribution < -0.4 is 15.1 Å². The summed E-state index contributed by atoms with van der Waals surface area (Å²) in [6, 6.07) is 4.11. The van der Waals surface area contributed by atoms with Crippen molar-refractivity contribution in [2.75, 3.05) is 40.4 Å². The number of piperidine rings is 1. The van der Waals surface area contributed by atoms with Crippen molar-refractivity contribution in [3.63, 3.8) is 0 Å². The molecule has 1 aromatic carbocycles. The topological polar surface area (TPSA) is 55.2 Å². The van der Waals surface area contributed by atoms with Crippen LogP contribution in [-0.4, -0.2) is 56.2 Å². The standard InChI is InChI=1S/C22H30N2O4/c1-15(13-23-8-5-4-6-9-23)24-10-7-16-17-11-20(26-2)21(27-3)12-19(17)28-22(25)18(16)14-24/h11-12,15H,4-10,13-14H2,1-3H3. The maximum absolute atomic E-state index is 12.7. The fourth-order valence-corrected chi connectivity index (χ4v) is 4.62. The summed E-state index contributed by atoms with van der Waals surface area (Å²) >= 11 is 0. The van der Waals surface area contributed by atoms with Gasteiger partial charge in [0.05, 0.1) is 19.8 Å². The Morgan fingerprint density at radius 2 is 1.75 bits per heavy atom. The van der Waals surface area contributed by atoms with Gasteiger partial charge in [-0.25, -0.2) is 4.79 Å². The van der Waals surface area contributed by atoms with Crippen molar-refractivity contribution < 1.29 is 13.9 Å². The van der Waals surface area contributed by atoms with Gasteiger partial charge in [0, 0.05) is 37.1 Å². The molecule has 0 spiro atoms. The zero-order chi connectivity index (χ0) is 19.7. The summed E-state index contributed by atoms with van der Waals surface area (Å²) in [6.07, 6.45) is 4.80. The van der Waals surface area contributed by atoms with Crippen LogP contribution in [0.2, 0.25) is 0 Å². The van der Waals surface area contributed by atoms with Crippen LogP contribution in [0.15, 0.2) is 21.3 Å². The van der Waals surface area contributed by atoms with E-state index in [9.17, 15) is 4.79 Å². The molecule has 28 heavy (non-hydrogen) atoms. The molecule has 1 fully saturated rings. The summed E-state index contributed by atoms with van der Waals surface area (Å²) in [6.45, 7) is 7.34. The summed E-state index contributed by atoms with van der Waals surface area (Å²) in [4.78, 5) is 17.7. The highest BCUT2D eigenvalue weighted by atomic mass is 16.5. The van der Waals surface area contributed by atoms with E-state index < -0.39 is 0 Å². The molecule has 2 aliphatic heterocycles. The van der Waals surface area contributed by atoms with Crippen LogP contribution in [0.1, 0.15) is 37.3 Å². The molecule has 0 bridgehead atoms. The number of fused-ring (bicyclic) bond motifs is 3. The Bertz CT molecular complexity index is 902. The number of ether oxygens (including phenoxy) is 2. The second kappa shape index (κ2) is 8.13. The van der Waals surface area contributed by atoms with Crippen LogP contribution in [0.5, 0.6) is 11.5 Å². The van der Waals surface area contributed by atoms with Crippen molar-refractivity contribution in [1.82, 2.24) is 9.80 Å². The highest BCUT2D eigenvalue weighted by Gasteiger charge is 2.27. The second-order valence-corrected chi connectivity index (χ2v) is 7.98. The molecule has 6 nitrogen and oxygen atoms in total. The third-order valence-corrected chi connectivity index (χ3v) is 6.23. The fraction of sp³-hybridized carbons (Fsp3) is 0.591. The van der Waals surface area contributed by atoms with E-state index in [1.165, 1.54) is 32.4 Å². The van der Waals surface area contributed by atoms with Crippen molar-refractivity contribution in [1.29, 1.82) is 0 Å².